The highest BCUT2D eigenvalue weighted by Crippen LogP contribution is 2.39. The number of piperidine rings is 2. The van der Waals surface area contributed by atoms with E-state index in [0.717, 1.165) is 10.1 Å². The SMILES string of the molecule is CC1(C)CC(OC(=O)CC(=O)OC2CC(C)(C)N([O])C(C)(C)C2)CC(C)(C)N1[O]. The van der Waals surface area contributed by atoms with Crippen molar-refractivity contribution in [2.75, 3.05) is 0 Å². The van der Waals surface area contributed by atoms with Gasteiger partial charge in [0.05, 0.1) is 0 Å². The van der Waals surface area contributed by atoms with Crippen LogP contribution in [0.15, 0.2) is 0 Å². The number of hydrogen-bond donors (Lipinski definition) is 0. The van der Waals surface area contributed by atoms with E-state index in [1.165, 1.54) is 0 Å². The first-order chi connectivity index (χ1) is 13.0. The summed E-state index contributed by atoms with van der Waals surface area (Å²) in [5, 5.41) is 26.9. The normalized spacial score (nSPS) is 27.4. The van der Waals surface area contributed by atoms with Gasteiger partial charge in [-0.3, -0.25) is 9.59 Å². The fourth-order valence-corrected chi connectivity index (χ4v) is 5.08. The summed E-state index contributed by atoms with van der Waals surface area (Å²) < 4.78 is 11.0. The van der Waals surface area contributed by atoms with Crippen LogP contribution in [0, 0.1) is 0 Å². The lowest BCUT2D eigenvalue weighted by Crippen LogP contribution is -2.60. The van der Waals surface area contributed by atoms with Gasteiger partial charge >= 0.3 is 11.9 Å². The van der Waals surface area contributed by atoms with E-state index in [1.54, 1.807) is 0 Å². The van der Waals surface area contributed by atoms with Gasteiger partial charge in [0.1, 0.15) is 18.6 Å². The third kappa shape index (κ3) is 5.48. The van der Waals surface area contributed by atoms with E-state index in [4.69, 9.17) is 9.47 Å². The molecule has 0 N–H and O–H groups in total. The van der Waals surface area contributed by atoms with Gasteiger partial charge in [-0.25, -0.2) is 0 Å². The van der Waals surface area contributed by atoms with Crippen molar-refractivity contribution in [3.8, 4) is 0 Å². The number of carbonyl (C=O) groups excluding carboxylic acids is 2. The summed E-state index contributed by atoms with van der Waals surface area (Å²) in [5.41, 5.74) is -2.62. The molecule has 0 atom stereocenters. The van der Waals surface area contributed by atoms with Gasteiger partial charge in [0.25, 0.3) is 0 Å². The summed E-state index contributed by atoms with van der Waals surface area (Å²) in [5.74, 6) is -1.29. The molecule has 2 fully saturated rings. The van der Waals surface area contributed by atoms with Crippen molar-refractivity contribution < 1.29 is 29.5 Å². The second kappa shape index (κ2) is 7.80. The van der Waals surface area contributed by atoms with Gasteiger partial charge in [-0.1, -0.05) is 0 Å². The van der Waals surface area contributed by atoms with Gasteiger partial charge in [0.2, 0.25) is 0 Å². The van der Waals surface area contributed by atoms with Crippen LogP contribution in [0.25, 0.3) is 0 Å². The number of carbonyl (C=O) groups is 2. The summed E-state index contributed by atoms with van der Waals surface area (Å²) in [4.78, 5) is 24.6. The van der Waals surface area contributed by atoms with Crippen molar-refractivity contribution in [2.24, 2.45) is 0 Å². The van der Waals surface area contributed by atoms with E-state index in [9.17, 15) is 20.0 Å². The molecule has 8 heteroatoms. The Kier molecular flexibility index (Phi) is 6.47. The Morgan fingerprint density at radius 1 is 0.655 bits per heavy atom. The van der Waals surface area contributed by atoms with Crippen LogP contribution in [-0.2, 0) is 29.5 Å². The van der Waals surface area contributed by atoms with Gasteiger partial charge in [-0.05, 0) is 55.4 Å². The molecular weight excluding hydrogens is 376 g/mol. The quantitative estimate of drug-likeness (QED) is 0.519. The van der Waals surface area contributed by atoms with Crippen LogP contribution in [0.3, 0.4) is 0 Å². The van der Waals surface area contributed by atoms with Gasteiger partial charge in [-0.15, -0.1) is 20.5 Å². The largest absolute Gasteiger partial charge is 0.462 e. The van der Waals surface area contributed by atoms with Crippen LogP contribution >= 0.6 is 0 Å². The zero-order chi connectivity index (χ0) is 22.4. The standard InChI is InChI=1S/C21H36N2O6/c1-18(2)10-14(11-19(3,4)22(18)26)28-16(24)9-17(25)29-15-12-20(5,6)23(27)21(7,8)13-15/h14-15H,9-13H2,1-8H3. The fraction of sp³-hybridized carbons (Fsp3) is 0.905. The van der Waals surface area contributed by atoms with E-state index >= 15 is 0 Å². The molecule has 0 aromatic heterocycles. The molecule has 0 aromatic carbocycles. The highest BCUT2D eigenvalue weighted by molar-refractivity contribution is 5.91. The molecule has 2 aliphatic heterocycles. The van der Waals surface area contributed by atoms with Crippen LogP contribution in [0.1, 0.15) is 87.5 Å². The minimum absolute atomic E-state index is 0.408. The minimum atomic E-state index is -0.656. The summed E-state index contributed by atoms with van der Waals surface area (Å²) in [7, 11) is 0. The molecule has 2 heterocycles. The molecule has 29 heavy (non-hydrogen) atoms. The molecule has 0 bridgehead atoms. The van der Waals surface area contributed by atoms with Crippen LogP contribution in [0.4, 0.5) is 0 Å². The lowest BCUT2D eigenvalue weighted by atomic mass is 9.80. The van der Waals surface area contributed by atoms with Crippen molar-refractivity contribution >= 4 is 11.9 Å². The molecule has 0 spiro atoms. The number of ether oxygens (including phenoxy) is 2. The van der Waals surface area contributed by atoms with E-state index in [1.807, 2.05) is 55.4 Å². The lowest BCUT2D eigenvalue weighted by Gasteiger charge is -2.49. The molecular formula is C21H36N2O6. The molecule has 0 amide bonds. The number of hydrogen-bond acceptors (Lipinski definition) is 6. The maximum atomic E-state index is 12.4. The van der Waals surface area contributed by atoms with Gasteiger partial charge < -0.3 is 9.47 Å². The van der Waals surface area contributed by atoms with Crippen molar-refractivity contribution in [1.82, 2.24) is 10.1 Å². The van der Waals surface area contributed by atoms with E-state index < -0.39 is 52.7 Å². The lowest BCUT2D eigenvalue weighted by molar-refractivity contribution is -0.300. The predicted molar refractivity (Wildman–Crippen MR) is 104 cm³/mol. The first-order valence-corrected chi connectivity index (χ1v) is 10.3. The number of esters is 2. The maximum Gasteiger partial charge on any atom is 0.317 e. The zero-order valence-electron chi connectivity index (χ0n) is 19.0. The van der Waals surface area contributed by atoms with E-state index in [2.05, 4.69) is 0 Å². The zero-order valence-corrected chi connectivity index (χ0v) is 19.0. The smallest absolute Gasteiger partial charge is 0.317 e. The van der Waals surface area contributed by atoms with Crippen molar-refractivity contribution in [3.63, 3.8) is 0 Å². The Morgan fingerprint density at radius 3 is 1.14 bits per heavy atom. The van der Waals surface area contributed by atoms with Crippen molar-refractivity contribution in [3.05, 3.63) is 0 Å². The van der Waals surface area contributed by atoms with Gasteiger partial charge in [0, 0.05) is 47.8 Å². The molecule has 0 aromatic rings. The molecule has 166 valence electrons. The van der Waals surface area contributed by atoms with Crippen LogP contribution in [0.5, 0.6) is 0 Å². The average molecular weight is 413 g/mol. The number of hydroxylamine groups is 4. The first kappa shape index (κ1) is 24.1. The van der Waals surface area contributed by atoms with E-state index in [0.29, 0.717) is 25.7 Å². The van der Waals surface area contributed by atoms with Gasteiger partial charge in [-0.2, -0.15) is 0 Å². The molecule has 2 saturated heterocycles. The molecule has 0 saturated carbocycles. The second-order valence-electron chi connectivity index (χ2n) is 11.1. The predicted octanol–water partition coefficient (Wildman–Crippen LogP) is 3.20. The summed E-state index contributed by atoms with van der Waals surface area (Å²) in [6.07, 6.45) is 0.308. The van der Waals surface area contributed by atoms with Crippen LogP contribution < -0.4 is 0 Å². The molecule has 0 aliphatic carbocycles. The Hall–Kier alpha value is -1.22. The molecule has 8 nitrogen and oxygen atoms in total. The first-order valence-electron chi connectivity index (χ1n) is 10.3. The Morgan fingerprint density at radius 2 is 0.897 bits per heavy atom. The average Bonchev–Trinajstić information content (AvgIpc) is 2.48. The van der Waals surface area contributed by atoms with Crippen LogP contribution in [0.2, 0.25) is 0 Å². The maximum absolute atomic E-state index is 12.4. The third-order valence-electron chi connectivity index (χ3n) is 5.99. The van der Waals surface area contributed by atoms with Gasteiger partial charge in [0.15, 0.2) is 0 Å². The minimum Gasteiger partial charge on any atom is -0.462 e. The highest BCUT2D eigenvalue weighted by atomic mass is 16.6. The Balaban J connectivity index is 1.91. The monoisotopic (exact) mass is 412 g/mol. The third-order valence-corrected chi connectivity index (χ3v) is 5.99. The second-order valence-corrected chi connectivity index (χ2v) is 11.1. The van der Waals surface area contributed by atoms with Crippen LogP contribution in [-0.4, -0.2) is 56.4 Å². The fourth-order valence-electron chi connectivity index (χ4n) is 5.08. The molecule has 2 aliphatic rings. The molecule has 0 unspecified atom stereocenters. The summed E-state index contributed by atoms with van der Waals surface area (Å²) >= 11 is 0. The Bertz CT molecular complexity index is 553. The van der Waals surface area contributed by atoms with E-state index in [-0.39, 0.29) is 0 Å². The van der Waals surface area contributed by atoms with Crippen molar-refractivity contribution in [1.29, 1.82) is 0 Å². The van der Waals surface area contributed by atoms with Crippen molar-refractivity contribution in [2.45, 2.75) is 122 Å². The topological polar surface area (TPSA) is 98.9 Å². The number of nitrogens with zero attached hydrogens (tertiary/aromatic N) is 2. The molecule has 2 radical (unpaired) electrons. The Labute approximate surface area is 174 Å². The number of rotatable bonds is 4. The summed E-state index contributed by atoms with van der Waals surface area (Å²) in [6, 6.07) is 0. The highest BCUT2D eigenvalue weighted by Gasteiger charge is 2.49. The summed E-state index contributed by atoms with van der Waals surface area (Å²) in [6.45, 7) is 14.6. The molecule has 2 rings (SSSR count).